The van der Waals surface area contributed by atoms with Crippen molar-refractivity contribution in [2.75, 3.05) is 11.1 Å². The van der Waals surface area contributed by atoms with E-state index in [9.17, 15) is 9.90 Å². The minimum atomic E-state index is -0.314. The molecule has 22 heavy (non-hydrogen) atoms. The maximum absolute atomic E-state index is 12.3. The molecule has 1 aromatic heterocycles. The summed E-state index contributed by atoms with van der Waals surface area (Å²) in [7, 11) is 0. The number of carbonyl (C=O) groups excluding carboxylic acids is 1. The van der Waals surface area contributed by atoms with Crippen LogP contribution in [0.25, 0.3) is 0 Å². The van der Waals surface area contributed by atoms with E-state index in [-0.39, 0.29) is 17.3 Å². The molecule has 0 aliphatic heterocycles. The highest BCUT2D eigenvalue weighted by Crippen LogP contribution is 2.27. The highest BCUT2D eigenvalue weighted by Gasteiger charge is 2.11. The Labute approximate surface area is 138 Å². The van der Waals surface area contributed by atoms with Crippen LogP contribution < -0.4 is 5.32 Å². The Morgan fingerprint density at radius 1 is 1.36 bits per heavy atom. The largest absolute Gasteiger partial charge is 0.506 e. The van der Waals surface area contributed by atoms with E-state index in [1.807, 2.05) is 0 Å². The number of carbonyl (C=O) groups is 1. The molecular weight excluding hydrogens is 320 g/mol. The number of aromatic nitrogens is 1. The van der Waals surface area contributed by atoms with Gasteiger partial charge < -0.3 is 10.4 Å². The van der Waals surface area contributed by atoms with Crippen molar-refractivity contribution in [1.82, 2.24) is 4.98 Å². The number of nitrogens with zero attached hydrogens (tertiary/aromatic N) is 1. The quantitative estimate of drug-likeness (QED) is 0.626. The number of amides is 1. The summed E-state index contributed by atoms with van der Waals surface area (Å²) in [5.41, 5.74) is 0.770. The first-order valence-corrected chi connectivity index (χ1v) is 8.21. The van der Waals surface area contributed by atoms with Crippen molar-refractivity contribution in [2.24, 2.45) is 5.92 Å². The fraction of sp³-hybridized carbons (Fsp3) is 0.250. The first kappa shape index (κ1) is 16.6. The lowest BCUT2D eigenvalue weighted by Crippen LogP contribution is -2.12. The number of nitrogens with one attached hydrogen (secondary N) is 1. The third-order valence-corrected chi connectivity index (χ3v) is 4.36. The van der Waals surface area contributed by atoms with Crippen molar-refractivity contribution in [2.45, 2.75) is 18.9 Å². The predicted molar refractivity (Wildman–Crippen MR) is 90.9 cm³/mol. The summed E-state index contributed by atoms with van der Waals surface area (Å²) in [5, 5.41) is 13.6. The van der Waals surface area contributed by atoms with Crippen molar-refractivity contribution < 1.29 is 9.90 Å². The van der Waals surface area contributed by atoms with E-state index in [2.05, 4.69) is 24.1 Å². The second-order valence-corrected chi connectivity index (χ2v) is 6.68. The Hall–Kier alpha value is -1.72. The van der Waals surface area contributed by atoms with E-state index in [1.54, 1.807) is 36.2 Å². The number of benzene rings is 1. The van der Waals surface area contributed by atoms with Crippen LogP contribution in [0.4, 0.5) is 5.69 Å². The lowest BCUT2D eigenvalue weighted by molar-refractivity contribution is 0.102. The molecule has 0 bridgehead atoms. The molecule has 0 aliphatic carbocycles. The number of pyridine rings is 1. The number of phenols is 1. The number of halogens is 1. The Morgan fingerprint density at radius 2 is 2.14 bits per heavy atom. The Kier molecular flexibility index (Phi) is 5.69. The highest BCUT2D eigenvalue weighted by molar-refractivity contribution is 7.99. The molecule has 1 aromatic carbocycles. The van der Waals surface area contributed by atoms with Gasteiger partial charge in [0.15, 0.2) is 0 Å². The minimum Gasteiger partial charge on any atom is -0.506 e. The average Bonchev–Trinajstić information content (AvgIpc) is 2.49. The topological polar surface area (TPSA) is 62.2 Å². The maximum Gasteiger partial charge on any atom is 0.255 e. The monoisotopic (exact) mass is 336 g/mol. The van der Waals surface area contributed by atoms with Crippen molar-refractivity contribution in [3.05, 3.63) is 47.1 Å². The Morgan fingerprint density at radius 3 is 2.86 bits per heavy atom. The maximum atomic E-state index is 12.3. The molecular formula is C16H17ClN2O2S. The van der Waals surface area contributed by atoms with Crippen LogP contribution in [0.5, 0.6) is 5.75 Å². The second-order valence-electron chi connectivity index (χ2n) is 5.20. The summed E-state index contributed by atoms with van der Waals surface area (Å²) in [6.45, 7) is 4.26. The summed E-state index contributed by atoms with van der Waals surface area (Å²) in [4.78, 5) is 16.5. The minimum absolute atomic E-state index is 0.0267. The van der Waals surface area contributed by atoms with E-state index >= 15 is 0 Å². The predicted octanol–water partition coefficient (Wildman–Crippen LogP) is 4.44. The van der Waals surface area contributed by atoms with Crippen molar-refractivity contribution in [3.8, 4) is 5.75 Å². The van der Waals surface area contributed by atoms with Gasteiger partial charge in [-0.2, -0.15) is 0 Å². The van der Waals surface area contributed by atoms with Gasteiger partial charge in [0.05, 0.1) is 10.7 Å². The normalized spacial score (nSPS) is 10.7. The molecule has 0 unspecified atom stereocenters. The zero-order chi connectivity index (χ0) is 16.1. The molecule has 1 heterocycles. The van der Waals surface area contributed by atoms with Gasteiger partial charge in [0.1, 0.15) is 5.75 Å². The molecule has 2 rings (SSSR count). The van der Waals surface area contributed by atoms with Crippen molar-refractivity contribution in [1.29, 1.82) is 0 Å². The van der Waals surface area contributed by atoms with Gasteiger partial charge in [0.25, 0.3) is 5.91 Å². The van der Waals surface area contributed by atoms with Crippen molar-refractivity contribution in [3.63, 3.8) is 0 Å². The number of anilines is 1. The van der Waals surface area contributed by atoms with Gasteiger partial charge >= 0.3 is 0 Å². The molecule has 0 atom stereocenters. The summed E-state index contributed by atoms with van der Waals surface area (Å²) < 4.78 is 0. The summed E-state index contributed by atoms with van der Waals surface area (Å²) in [5.74, 6) is 1.15. The molecule has 116 valence electrons. The van der Waals surface area contributed by atoms with E-state index < -0.39 is 0 Å². The van der Waals surface area contributed by atoms with Crippen LogP contribution in [-0.4, -0.2) is 21.8 Å². The first-order chi connectivity index (χ1) is 10.5. The molecule has 0 fully saturated rings. The van der Waals surface area contributed by atoms with Crippen LogP contribution in [0.3, 0.4) is 0 Å². The van der Waals surface area contributed by atoms with Gasteiger partial charge in [0, 0.05) is 22.5 Å². The van der Waals surface area contributed by atoms with Crippen LogP contribution >= 0.6 is 23.4 Å². The van der Waals surface area contributed by atoms with Crippen LogP contribution in [0.15, 0.2) is 41.6 Å². The van der Waals surface area contributed by atoms with E-state index in [1.165, 1.54) is 12.1 Å². The first-order valence-electron chi connectivity index (χ1n) is 6.84. The number of phenolic OH excluding ortho intramolecular Hbond substituents is 1. The van der Waals surface area contributed by atoms with Gasteiger partial charge in [-0.15, -0.1) is 11.8 Å². The van der Waals surface area contributed by atoms with Crippen LogP contribution in [-0.2, 0) is 0 Å². The summed E-state index contributed by atoms with van der Waals surface area (Å²) in [6.07, 6.45) is 1.61. The Bertz CT molecular complexity index is 677. The number of hydrogen-bond acceptors (Lipinski definition) is 4. The molecule has 0 radical (unpaired) electrons. The standard InChI is InChI=1S/C16H17ClN2O2S/c1-10(2)9-22-15-7-11(5-6-18-15)16(21)19-13-8-12(17)3-4-14(13)20/h3-8,10,20H,9H2,1-2H3,(H,19,21). The third kappa shape index (κ3) is 4.64. The van der Waals surface area contributed by atoms with Gasteiger partial charge in [-0.25, -0.2) is 4.98 Å². The number of hydrogen-bond donors (Lipinski definition) is 2. The number of rotatable bonds is 5. The molecule has 0 spiro atoms. The lowest BCUT2D eigenvalue weighted by Gasteiger charge is -2.09. The highest BCUT2D eigenvalue weighted by atomic mass is 35.5. The lowest BCUT2D eigenvalue weighted by atomic mass is 10.2. The third-order valence-electron chi connectivity index (χ3n) is 2.77. The summed E-state index contributed by atoms with van der Waals surface area (Å²) in [6, 6.07) is 7.87. The van der Waals surface area contributed by atoms with E-state index in [4.69, 9.17) is 11.6 Å². The molecule has 4 nitrogen and oxygen atoms in total. The van der Waals surface area contributed by atoms with Gasteiger partial charge in [-0.05, 0) is 36.2 Å². The molecule has 2 aromatic rings. The SMILES string of the molecule is CC(C)CSc1cc(C(=O)Nc2cc(Cl)ccc2O)ccn1. The van der Waals surface area contributed by atoms with Crippen molar-refractivity contribution >= 4 is 35.0 Å². The summed E-state index contributed by atoms with van der Waals surface area (Å²) >= 11 is 7.48. The number of thioether (sulfide) groups is 1. The smallest absolute Gasteiger partial charge is 0.255 e. The van der Waals surface area contributed by atoms with E-state index in [0.717, 1.165) is 10.8 Å². The molecule has 2 N–H and O–H groups in total. The second kappa shape index (κ2) is 7.51. The number of aromatic hydroxyl groups is 1. The molecule has 6 heteroatoms. The van der Waals surface area contributed by atoms with Crippen LogP contribution in [0.1, 0.15) is 24.2 Å². The molecule has 1 amide bonds. The fourth-order valence-corrected chi connectivity index (χ4v) is 2.71. The molecule has 0 saturated carbocycles. The van der Waals surface area contributed by atoms with Gasteiger partial charge in [-0.1, -0.05) is 25.4 Å². The average molecular weight is 337 g/mol. The van der Waals surface area contributed by atoms with Crippen LogP contribution in [0, 0.1) is 5.92 Å². The Balaban J connectivity index is 2.12. The zero-order valence-corrected chi connectivity index (χ0v) is 13.9. The van der Waals surface area contributed by atoms with Gasteiger partial charge in [-0.3, -0.25) is 4.79 Å². The van der Waals surface area contributed by atoms with Gasteiger partial charge in [0.2, 0.25) is 0 Å². The van der Waals surface area contributed by atoms with E-state index in [0.29, 0.717) is 16.5 Å². The fourth-order valence-electron chi connectivity index (χ4n) is 1.68. The molecule has 0 saturated heterocycles. The zero-order valence-electron chi connectivity index (χ0n) is 12.3. The molecule has 0 aliphatic rings. The van der Waals surface area contributed by atoms with Crippen LogP contribution in [0.2, 0.25) is 5.02 Å².